The Kier molecular flexibility index (Phi) is 4.22. The Labute approximate surface area is 135 Å². The number of rotatable bonds is 1. The van der Waals surface area contributed by atoms with E-state index < -0.39 is 53.2 Å². The Morgan fingerprint density at radius 1 is 1.40 bits per heavy atom. The van der Waals surface area contributed by atoms with Gasteiger partial charge in [-0.1, -0.05) is 0 Å². The van der Waals surface area contributed by atoms with Gasteiger partial charge in [0.25, 0.3) is 12.1 Å². The molecular weight excluding hydrogens is 362 g/mol. The quantitative estimate of drug-likeness (QED) is 0.655. The number of amides is 1. The minimum absolute atomic E-state index is 0.452. The summed E-state index contributed by atoms with van der Waals surface area (Å²) < 4.78 is 86.1. The third kappa shape index (κ3) is 3.13. The van der Waals surface area contributed by atoms with Crippen LogP contribution in [-0.2, 0) is 10.3 Å². The van der Waals surface area contributed by atoms with Gasteiger partial charge in [-0.3, -0.25) is 0 Å². The maximum absolute atomic E-state index is 14.5. The summed E-state index contributed by atoms with van der Waals surface area (Å²) in [6.45, 7) is 0.461. The van der Waals surface area contributed by atoms with Crippen LogP contribution in [0.2, 0.25) is 0 Å². The normalized spacial score (nSPS) is 25.7. The van der Waals surface area contributed by atoms with Gasteiger partial charge in [0.15, 0.2) is 5.54 Å². The molecule has 7 nitrogen and oxygen atoms in total. The largest absolute Gasteiger partial charge is 0.465 e. The highest BCUT2D eigenvalue weighted by Gasteiger charge is 2.70. The molecule has 1 aliphatic rings. The van der Waals surface area contributed by atoms with Gasteiger partial charge in [0, 0.05) is 0 Å². The second kappa shape index (κ2) is 5.67. The van der Waals surface area contributed by atoms with Crippen molar-refractivity contribution in [2.75, 3.05) is 5.73 Å². The molecule has 0 fully saturated rings. The maximum Gasteiger partial charge on any atom is 0.431 e. The average Bonchev–Trinajstić information content (AvgIpc) is 2.43. The van der Waals surface area contributed by atoms with Crippen molar-refractivity contribution < 1.29 is 41.0 Å². The van der Waals surface area contributed by atoms with E-state index in [4.69, 9.17) is 10.8 Å². The number of pyridine rings is 1. The van der Waals surface area contributed by atoms with Crippen molar-refractivity contribution in [1.29, 1.82) is 0 Å². The molecule has 1 aromatic rings. The fourth-order valence-electron chi connectivity index (χ4n) is 2.18. The van der Waals surface area contributed by atoms with Gasteiger partial charge in [0.05, 0.1) is 0 Å². The molecule has 0 saturated carbocycles. The van der Waals surface area contributed by atoms with E-state index >= 15 is 0 Å². The molecule has 0 saturated heterocycles. The van der Waals surface area contributed by atoms with Crippen molar-refractivity contribution in [3.05, 3.63) is 23.6 Å². The number of aliphatic imine (C=N–C) groups is 1. The molecule has 1 aromatic heterocycles. The zero-order valence-corrected chi connectivity index (χ0v) is 12.2. The predicted octanol–water partition coefficient (Wildman–Crippen LogP) is 2.24. The van der Waals surface area contributed by atoms with E-state index in [9.17, 15) is 31.1 Å². The Balaban J connectivity index is 2.73. The van der Waals surface area contributed by atoms with Gasteiger partial charge < -0.3 is 15.6 Å². The molecule has 0 bridgehead atoms. The first kappa shape index (κ1) is 18.6. The maximum atomic E-state index is 14.5. The minimum atomic E-state index is -5.62. The smallest absolute Gasteiger partial charge is 0.431 e. The molecule has 0 spiro atoms. The second-order valence-electron chi connectivity index (χ2n) is 5.15. The number of hydrogen-bond acceptors (Lipinski definition) is 5. The number of hydrogen-bond donors (Lipinski definition) is 3. The van der Waals surface area contributed by atoms with Gasteiger partial charge in [0.1, 0.15) is 17.3 Å². The summed E-state index contributed by atoms with van der Waals surface area (Å²) in [7, 11) is 0. The van der Waals surface area contributed by atoms with Crippen molar-refractivity contribution in [3.63, 3.8) is 0 Å². The highest BCUT2D eigenvalue weighted by atomic mass is 19.4. The molecule has 1 aliphatic heterocycles. The summed E-state index contributed by atoms with van der Waals surface area (Å²) in [5.74, 6) is -6.69. The van der Waals surface area contributed by atoms with Crippen LogP contribution in [0, 0.1) is 5.82 Å². The molecule has 0 aromatic carbocycles. The summed E-state index contributed by atoms with van der Waals surface area (Å²) in [6.07, 6.45) is -11.3. The van der Waals surface area contributed by atoms with E-state index in [0.29, 0.717) is 13.0 Å². The number of carboxylic acid groups (broad SMARTS) is 1. The topological polar surface area (TPSA) is 110 Å². The molecule has 2 heterocycles. The average molecular weight is 372 g/mol. The van der Waals surface area contributed by atoms with Gasteiger partial charge in [0.2, 0.25) is 0 Å². The highest BCUT2D eigenvalue weighted by molar-refractivity contribution is 5.90. The van der Waals surface area contributed by atoms with Crippen LogP contribution in [0.15, 0.2) is 17.1 Å². The second-order valence-corrected chi connectivity index (χ2v) is 5.15. The molecule has 0 radical (unpaired) electrons. The number of nitrogens with zero attached hydrogens (tertiary/aromatic N) is 2. The third-order valence-electron chi connectivity index (χ3n) is 3.37. The van der Waals surface area contributed by atoms with Crippen molar-refractivity contribution in [2.45, 2.75) is 30.7 Å². The van der Waals surface area contributed by atoms with Crippen molar-refractivity contribution in [3.8, 4) is 0 Å². The lowest BCUT2D eigenvalue weighted by Gasteiger charge is -2.42. The number of nitrogen functional groups attached to an aromatic ring is 1. The van der Waals surface area contributed by atoms with Crippen LogP contribution in [0.25, 0.3) is 0 Å². The predicted molar refractivity (Wildman–Crippen MR) is 70.4 cm³/mol. The molecule has 13 heteroatoms. The number of alkyl halides is 5. The lowest BCUT2D eigenvalue weighted by Crippen LogP contribution is -2.62. The van der Waals surface area contributed by atoms with Crippen LogP contribution in [0.4, 0.5) is 37.0 Å². The van der Waals surface area contributed by atoms with Crippen molar-refractivity contribution in [2.24, 2.45) is 4.99 Å². The number of nitrogens with two attached hydrogens (primary N) is 1. The number of nitrogens with one attached hydrogen (secondary N) is 1. The number of ether oxygens (including phenoxy) is 1. The van der Waals surface area contributed by atoms with E-state index in [1.54, 1.807) is 0 Å². The first-order valence-corrected chi connectivity index (χ1v) is 6.42. The summed E-state index contributed by atoms with van der Waals surface area (Å²) in [5.41, 5.74) is 0.841. The van der Waals surface area contributed by atoms with Crippen LogP contribution in [0.3, 0.4) is 0 Å². The van der Waals surface area contributed by atoms with E-state index in [1.165, 1.54) is 5.32 Å². The summed E-state index contributed by atoms with van der Waals surface area (Å²) >= 11 is 0. The standard InChI is InChI=1S/C12H10F6N4O3/c1-10(6-4(13)2-3-5(19)20-6)11(14,15)7(12(16,17)18)25-8(22-10)21-9(23)24/h2-3,7H,1H3,(H2,19,20)(H,21,22)(H,23,24)/t7-,10+/m0/s1. The van der Waals surface area contributed by atoms with Gasteiger partial charge >= 0.3 is 18.2 Å². The molecule has 138 valence electrons. The molecule has 2 rings (SSSR count). The Morgan fingerprint density at radius 3 is 2.52 bits per heavy atom. The minimum Gasteiger partial charge on any atom is -0.465 e. The molecule has 0 unspecified atom stereocenters. The zero-order valence-electron chi connectivity index (χ0n) is 12.2. The van der Waals surface area contributed by atoms with Gasteiger partial charge in [-0.15, -0.1) is 0 Å². The zero-order chi connectivity index (χ0) is 19.2. The van der Waals surface area contributed by atoms with Gasteiger partial charge in [-0.2, -0.15) is 22.0 Å². The van der Waals surface area contributed by atoms with Crippen LogP contribution in [0.5, 0.6) is 0 Å². The summed E-state index contributed by atoms with van der Waals surface area (Å²) in [5, 5.41) is 9.88. The van der Waals surface area contributed by atoms with Crippen LogP contribution in [0.1, 0.15) is 12.6 Å². The Bertz CT molecular complexity index is 738. The molecule has 1 amide bonds. The molecule has 25 heavy (non-hydrogen) atoms. The van der Waals surface area contributed by atoms with Crippen LogP contribution >= 0.6 is 0 Å². The van der Waals surface area contributed by atoms with E-state index in [0.717, 1.165) is 6.07 Å². The Hall–Kier alpha value is -2.73. The van der Waals surface area contributed by atoms with E-state index in [2.05, 4.69) is 14.7 Å². The van der Waals surface area contributed by atoms with Crippen molar-refractivity contribution >= 4 is 17.9 Å². The SMILES string of the molecule is C[C@]1(c2nc(N)ccc2F)N=C(NC(=O)O)O[C@H](C(F)(F)F)C1(F)F. The highest BCUT2D eigenvalue weighted by Crippen LogP contribution is 2.50. The first-order valence-electron chi connectivity index (χ1n) is 6.42. The number of halogens is 6. The fourth-order valence-corrected chi connectivity index (χ4v) is 2.18. The number of anilines is 1. The van der Waals surface area contributed by atoms with E-state index in [-0.39, 0.29) is 0 Å². The monoisotopic (exact) mass is 372 g/mol. The number of aromatic nitrogens is 1. The van der Waals surface area contributed by atoms with Crippen molar-refractivity contribution in [1.82, 2.24) is 10.3 Å². The Morgan fingerprint density at radius 2 is 2.00 bits per heavy atom. The number of amidine groups is 1. The van der Waals surface area contributed by atoms with Gasteiger partial charge in [-0.25, -0.2) is 24.5 Å². The molecular formula is C12H10F6N4O3. The van der Waals surface area contributed by atoms with Crippen LogP contribution in [-0.4, -0.2) is 40.4 Å². The molecule has 2 atom stereocenters. The third-order valence-corrected chi connectivity index (χ3v) is 3.37. The summed E-state index contributed by atoms with van der Waals surface area (Å²) in [6, 6.07) is 0.143. The lowest BCUT2D eigenvalue weighted by molar-refractivity contribution is -0.288. The first-order chi connectivity index (χ1) is 11.3. The lowest BCUT2D eigenvalue weighted by atomic mass is 9.84. The van der Waals surface area contributed by atoms with Crippen LogP contribution < -0.4 is 11.1 Å². The number of carbonyl (C=O) groups is 1. The fraction of sp³-hybridized carbons (Fsp3) is 0.417. The molecule has 4 N–H and O–H groups in total. The van der Waals surface area contributed by atoms with E-state index in [1.807, 2.05) is 0 Å². The van der Waals surface area contributed by atoms with Gasteiger partial charge in [-0.05, 0) is 19.1 Å². The summed E-state index contributed by atoms with van der Waals surface area (Å²) in [4.78, 5) is 17.1. The molecule has 0 aliphatic carbocycles.